The number of nitrogens with zero attached hydrogens (tertiary/aromatic N) is 2. The van der Waals surface area contributed by atoms with Crippen molar-refractivity contribution in [2.75, 3.05) is 25.9 Å². The molecule has 0 spiro atoms. The van der Waals surface area contributed by atoms with Crippen molar-refractivity contribution in [3.8, 4) is 0 Å². The van der Waals surface area contributed by atoms with E-state index >= 15 is 0 Å². The largest absolute Gasteiger partial charge is 0.341 e. The average molecular weight is 379 g/mol. The first-order valence-corrected chi connectivity index (χ1v) is 11.5. The molecule has 0 radical (unpaired) electrons. The Kier molecular flexibility index (Phi) is 6.03. The highest BCUT2D eigenvalue weighted by molar-refractivity contribution is 7.88. The molecule has 2 aliphatic heterocycles. The summed E-state index contributed by atoms with van der Waals surface area (Å²) in [5, 5.41) is 0. The van der Waals surface area contributed by atoms with Crippen molar-refractivity contribution < 1.29 is 13.2 Å². The van der Waals surface area contributed by atoms with E-state index in [2.05, 4.69) is 31.2 Å². The molecule has 6 heteroatoms. The van der Waals surface area contributed by atoms with E-state index in [0.29, 0.717) is 18.9 Å². The van der Waals surface area contributed by atoms with Crippen molar-refractivity contribution >= 4 is 15.9 Å². The van der Waals surface area contributed by atoms with E-state index in [9.17, 15) is 13.2 Å². The topological polar surface area (TPSA) is 57.7 Å². The summed E-state index contributed by atoms with van der Waals surface area (Å²) in [6.45, 7) is 4.09. The molecule has 2 fully saturated rings. The van der Waals surface area contributed by atoms with Crippen LogP contribution in [0.4, 0.5) is 0 Å². The lowest BCUT2D eigenvalue weighted by Crippen LogP contribution is -2.49. The highest BCUT2D eigenvalue weighted by Crippen LogP contribution is 2.27. The van der Waals surface area contributed by atoms with Crippen LogP contribution in [-0.2, 0) is 21.2 Å². The number of carbonyl (C=O) groups excluding carboxylic acids is 1. The van der Waals surface area contributed by atoms with E-state index in [1.807, 2.05) is 4.90 Å². The molecule has 1 aromatic carbocycles. The highest BCUT2D eigenvalue weighted by atomic mass is 32.2. The summed E-state index contributed by atoms with van der Waals surface area (Å²) in [5.41, 5.74) is 2.67. The molecule has 0 aromatic heterocycles. The second-order valence-electron chi connectivity index (χ2n) is 7.82. The van der Waals surface area contributed by atoms with E-state index in [0.717, 1.165) is 45.2 Å². The van der Waals surface area contributed by atoms with E-state index < -0.39 is 16.1 Å². The maximum atomic E-state index is 12.8. The van der Waals surface area contributed by atoms with Gasteiger partial charge in [0.25, 0.3) is 0 Å². The fraction of sp³-hybridized carbons (Fsp3) is 0.650. The second kappa shape index (κ2) is 8.09. The normalized spacial score (nSPS) is 22.7. The van der Waals surface area contributed by atoms with Gasteiger partial charge in [0, 0.05) is 19.6 Å². The zero-order valence-corrected chi connectivity index (χ0v) is 16.7. The molecule has 5 nitrogen and oxygen atoms in total. The van der Waals surface area contributed by atoms with Crippen LogP contribution in [0.2, 0.25) is 0 Å². The van der Waals surface area contributed by atoms with Crippen LogP contribution in [0.1, 0.15) is 43.2 Å². The number of sulfonamides is 1. The van der Waals surface area contributed by atoms with Crippen LogP contribution in [0.5, 0.6) is 0 Å². The quantitative estimate of drug-likeness (QED) is 0.791. The molecule has 1 amide bonds. The lowest BCUT2D eigenvalue weighted by Gasteiger charge is -2.35. The standard InChI is InChI=1S/C20H30N2O3S/c1-16-5-7-17(8-6-16)9-10-18-11-14-21(15-12-18)20(23)19-4-3-13-22(19)26(2,24)25/h5-8,18-19H,3-4,9-15H2,1-2H3/t19-/m0/s1. The van der Waals surface area contributed by atoms with E-state index in [-0.39, 0.29) is 5.91 Å². The Bertz CT molecular complexity index is 722. The molecule has 0 N–H and O–H groups in total. The average Bonchev–Trinajstić information content (AvgIpc) is 3.11. The SMILES string of the molecule is Cc1ccc(CCC2CCN(C(=O)[C@@H]3CCCN3S(C)(=O)=O)CC2)cc1. The molecule has 144 valence electrons. The number of likely N-dealkylation sites (tertiary alicyclic amines) is 1. The Morgan fingerprint density at radius 1 is 1.08 bits per heavy atom. The number of hydrogen-bond donors (Lipinski definition) is 0. The third-order valence-corrected chi connectivity index (χ3v) is 7.09. The Morgan fingerprint density at radius 3 is 2.35 bits per heavy atom. The molecule has 0 unspecified atom stereocenters. The van der Waals surface area contributed by atoms with Gasteiger partial charge >= 0.3 is 0 Å². The van der Waals surface area contributed by atoms with Gasteiger partial charge in [-0.1, -0.05) is 29.8 Å². The molecule has 26 heavy (non-hydrogen) atoms. The lowest BCUT2D eigenvalue weighted by atomic mass is 9.90. The first-order chi connectivity index (χ1) is 12.3. The Morgan fingerprint density at radius 2 is 1.73 bits per heavy atom. The fourth-order valence-electron chi connectivity index (χ4n) is 4.16. The molecule has 1 atom stereocenters. The molecular formula is C20H30N2O3S. The predicted octanol–water partition coefficient (Wildman–Crippen LogP) is 2.59. The minimum absolute atomic E-state index is 0.00455. The van der Waals surface area contributed by atoms with Crippen LogP contribution in [-0.4, -0.2) is 55.5 Å². The van der Waals surface area contributed by atoms with E-state index in [1.165, 1.54) is 21.7 Å². The van der Waals surface area contributed by atoms with Gasteiger partial charge in [-0.05, 0) is 56.9 Å². The van der Waals surface area contributed by atoms with Gasteiger partial charge in [0.2, 0.25) is 15.9 Å². The fourth-order valence-corrected chi connectivity index (χ4v) is 5.28. The summed E-state index contributed by atoms with van der Waals surface area (Å²) in [7, 11) is -3.30. The lowest BCUT2D eigenvalue weighted by molar-refractivity contribution is -0.136. The zero-order valence-electron chi connectivity index (χ0n) is 15.9. The van der Waals surface area contributed by atoms with Crippen molar-refractivity contribution in [3.63, 3.8) is 0 Å². The monoisotopic (exact) mass is 378 g/mol. The minimum atomic E-state index is -3.30. The van der Waals surface area contributed by atoms with Gasteiger partial charge in [-0.25, -0.2) is 8.42 Å². The smallest absolute Gasteiger partial charge is 0.241 e. The summed E-state index contributed by atoms with van der Waals surface area (Å²) in [6.07, 6.45) is 6.91. The first-order valence-electron chi connectivity index (χ1n) is 9.66. The first kappa shape index (κ1) is 19.4. The van der Waals surface area contributed by atoms with E-state index in [4.69, 9.17) is 0 Å². The molecule has 3 rings (SSSR count). The zero-order chi connectivity index (χ0) is 18.7. The summed E-state index contributed by atoms with van der Waals surface area (Å²) in [5.74, 6) is 0.653. The molecular weight excluding hydrogens is 348 g/mol. The van der Waals surface area contributed by atoms with Crippen LogP contribution in [0.15, 0.2) is 24.3 Å². The third kappa shape index (κ3) is 4.65. The number of piperidine rings is 1. The van der Waals surface area contributed by atoms with Crippen molar-refractivity contribution in [3.05, 3.63) is 35.4 Å². The van der Waals surface area contributed by atoms with Crippen LogP contribution in [0.25, 0.3) is 0 Å². The van der Waals surface area contributed by atoms with Gasteiger partial charge in [0.15, 0.2) is 0 Å². The Balaban J connectivity index is 1.48. The summed E-state index contributed by atoms with van der Waals surface area (Å²) in [6, 6.07) is 8.24. The number of aryl methyl sites for hydroxylation is 2. The molecule has 0 saturated carbocycles. The van der Waals surface area contributed by atoms with Gasteiger partial charge in [0.05, 0.1) is 6.26 Å². The molecule has 2 saturated heterocycles. The number of rotatable bonds is 5. The van der Waals surface area contributed by atoms with Crippen molar-refractivity contribution in [1.29, 1.82) is 0 Å². The maximum Gasteiger partial charge on any atom is 0.241 e. The summed E-state index contributed by atoms with van der Waals surface area (Å²) in [4.78, 5) is 14.7. The van der Waals surface area contributed by atoms with Crippen LogP contribution >= 0.6 is 0 Å². The third-order valence-electron chi connectivity index (χ3n) is 5.80. The van der Waals surface area contributed by atoms with Crippen LogP contribution in [0, 0.1) is 12.8 Å². The summed E-state index contributed by atoms with van der Waals surface area (Å²) >= 11 is 0. The Hall–Kier alpha value is -1.40. The van der Waals surface area contributed by atoms with Crippen molar-refractivity contribution in [2.45, 2.75) is 51.5 Å². The molecule has 0 bridgehead atoms. The van der Waals surface area contributed by atoms with Crippen LogP contribution < -0.4 is 0 Å². The van der Waals surface area contributed by atoms with Crippen molar-refractivity contribution in [1.82, 2.24) is 9.21 Å². The number of carbonyl (C=O) groups is 1. The van der Waals surface area contributed by atoms with Gasteiger partial charge in [-0.2, -0.15) is 4.31 Å². The number of amides is 1. The molecule has 2 heterocycles. The molecule has 0 aliphatic carbocycles. The Labute approximate surface area is 157 Å². The maximum absolute atomic E-state index is 12.8. The molecule has 1 aromatic rings. The number of benzene rings is 1. The predicted molar refractivity (Wildman–Crippen MR) is 103 cm³/mol. The second-order valence-corrected chi connectivity index (χ2v) is 9.76. The summed E-state index contributed by atoms with van der Waals surface area (Å²) < 4.78 is 25.1. The van der Waals surface area contributed by atoms with Gasteiger partial charge in [0.1, 0.15) is 6.04 Å². The minimum Gasteiger partial charge on any atom is -0.341 e. The van der Waals surface area contributed by atoms with Crippen LogP contribution in [0.3, 0.4) is 0 Å². The van der Waals surface area contributed by atoms with Crippen molar-refractivity contribution in [2.24, 2.45) is 5.92 Å². The van der Waals surface area contributed by atoms with Gasteiger partial charge in [-0.15, -0.1) is 0 Å². The van der Waals surface area contributed by atoms with E-state index in [1.54, 1.807) is 0 Å². The van der Waals surface area contributed by atoms with Gasteiger partial charge in [-0.3, -0.25) is 4.79 Å². The molecule has 2 aliphatic rings. The highest BCUT2D eigenvalue weighted by Gasteiger charge is 2.39. The number of hydrogen-bond acceptors (Lipinski definition) is 3. The van der Waals surface area contributed by atoms with Gasteiger partial charge < -0.3 is 4.90 Å².